The standard InChI is InChI=1S/C14H17N5/c15-13-12(10-2-6-16-7-3-10)8-11(9-19-13)14-17-4-1-5-18-14/h1,4-5,8-10,16H,2-3,6-7H2,(H2,15,19). The maximum atomic E-state index is 6.03. The highest BCUT2D eigenvalue weighted by atomic mass is 14.9. The van der Waals surface area contributed by atoms with Crippen LogP contribution in [0.4, 0.5) is 5.82 Å². The van der Waals surface area contributed by atoms with Crippen LogP contribution in [0.1, 0.15) is 24.3 Å². The van der Waals surface area contributed by atoms with Crippen LogP contribution in [-0.4, -0.2) is 28.0 Å². The lowest BCUT2D eigenvalue weighted by molar-refractivity contribution is 0.461. The third-order valence-electron chi connectivity index (χ3n) is 3.55. The molecule has 0 bridgehead atoms. The number of anilines is 1. The monoisotopic (exact) mass is 255 g/mol. The summed E-state index contributed by atoms with van der Waals surface area (Å²) in [6.07, 6.45) is 7.43. The smallest absolute Gasteiger partial charge is 0.160 e. The Kier molecular flexibility index (Phi) is 3.37. The van der Waals surface area contributed by atoms with E-state index >= 15 is 0 Å². The Morgan fingerprint density at radius 1 is 1.11 bits per heavy atom. The van der Waals surface area contributed by atoms with Gasteiger partial charge in [0.2, 0.25) is 0 Å². The van der Waals surface area contributed by atoms with Crippen LogP contribution in [0.25, 0.3) is 11.4 Å². The van der Waals surface area contributed by atoms with Crippen LogP contribution < -0.4 is 11.1 Å². The Morgan fingerprint density at radius 3 is 2.58 bits per heavy atom. The van der Waals surface area contributed by atoms with Gasteiger partial charge in [0.1, 0.15) is 5.82 Å². The van der Waals surface area contributed by atoms with Gasteiger partial charge in [-0.3, -0.25) is 0 Å². The fourth-order valence-corrected chi connectivity index (χ4v) is 2.52. The number of aromatic nitrogens is 3. The van der Waals surface area contributed by atoms with Crippen LogP contribution in [0.5, 0.6) is 0 Å². The molecular weight excluding hydrogens is 238 g/mol. The van der Waals surface area contributed by atoms with E-state index < -0.39 is 0 Å². The Balaban J connectivity index is 1.96. The van der Waals surface area contributed by atoms with Crippen molar-refractivity contribution in [2.24, 2.45) is 0 Å². The number of nitrogens with one attached hydrogen (secondary N) is 1. The summed E-state index contributed by atoms with van der Waals surface area (Å²) in [5, 5.41) is 3.36. The minimum absolute atomic E-state index is 0.484. The SMILES string of the molecule is Nc1ncc(-c2ncccn2)cc1C1CCNCC1. The van der Waals surface area contributed by atoms with Crippen LogP contribution >= 0.6 is 0 Å². The normalized spacial score (nSPS) is 16.4. The van der Waals surface area contributed by atoms with Crippen molar-refractivity contribution < 1.29 is 0 Å². The molecule has 1 aliphatic rings. The highest BCUT2D eigenvalue weighted by molar-refractivity contribution is 5.59. The van der Waals surface area contributed by atoms with Gasteiger partial charge in [-0.05, 0) is 49.5 Å². The number of hydrogen-bond acceptors (Lipinski definition) is 5. The largest absolute Gasteiger partial charge is 0.383 e. The zero-order valence-corrected chi connectivity index (χ0v) is 10.7. The zero-order chi connectivity index (χ0) is 13.1. The molecule has 1 aliphatic heterocycles. The predicted molar refractivity (Wildman–Crippen MR) is 74.5 cm³/mol. The number of piperidine rings is 1. The number of pyridine rings is 1. The van der Waals surface area contributed by atoms with Crippen LogP contribution in [0.3, 0.4) is 0 Å². The van der Waals surface area contributed by atoms with E-state index in [2.05, 4.69) is 26.3 Å². The van der Waals surface area contributed by atoms with Crippen LogP contribution in [0.15, 0.2) is 30.7 Å². The molecule has 0 aromatic carbocycles. The number of hydrogen-bond donors (Lipinski definition) is 2. The maximum Gasteiger partial charge on any atom is 0.160 e. The first-order valence-electron chi connectivity index (χ1n) is 6.58. The van der Waals surface area contributed by atoms with Crippen molar-refractivity contribution in [1.29, 1.82) is 0 Å². The first-order chi connectivity index (χ1) is 9.34. The highest BCUT2D eigenvalue weighted by Crippen LogP contribution is 2.30. The number of nitrogen functional groups attached to an aromatic ring is 1. The fraction of sp³-hybridized carbons (Fsp3) is 0.357. The van der Waals surface area contributed by atoms with Crippen molar-refractivity contribution in [3.63, 3.8) is 0 Å². The highest BCUT2D eigenvalue weighted by Gasteiger charge is 2.19. The summed E-state index contributed by atoms with van der Waals surface area (Å²) in [5.74, 6) is 1.81. The van der Waals surface area contributed by atoms with Gasteiger partial charge in [-0.25, -0.2) is 15.0 Å². The molecule has 1 fully saturated rings. The Hall–Kier alpha value is -2.01. The third kappa shape index (κ3) is 2.56. The first kappa shape index (κ1) is 12.0. The van der Waals surface area contributed by atoms with Gasteiger partial charge in [-0.2, -0.15) is 0 Å². The molecule has 2 aromatic rings. The van der Waals surface area contributed by atoms with E-state index in [0.717, 1.165) is 37.1 Å². The van der Waals surface area contributed by atoms with E-state index in [-0.39, 0.29) is 0 Å². The second kappa shape index (κ2) is 5.32. The van der Waals surface area contributed by atoms with Crippen molar-refractivity contribution in [3.8, 4) is 11.4 Å². The van der Waals surface area contributed by atoms with Crippen molar-refractivity contribution in [1.82, 2.24) is 20.3 Å². The lowest BCUT2D eigenvalue weighted by atomic mass is 9.90. The van der Waals surface area contributed by atoms with Crippen LogP contribution in [0, 0.1) is 0 Å². The fourth-order valence-electron chi connectivity index (χ4n) is 2.52. The quantitative estimate of drug-likeness (QED) is 0.852. The van der Waals surface area contributed by atoms with Gasteiger partial charge in [0.15, 0.2) is 5.82 Å². The minimum atomic E-state index is 0.484. The molecule has 98 valence electrons. The molecule has 2 aromatic heterocycles. The average Bonchev–Trinajstić information content (AvgIpc) is 2.49. The summed E-state index contributed by atoms with van der Waals surface area (Å²) in [7, 11) is 0. The molecule has 0 atom stereocenters. The summed E-state index contributed by atoms with van der Waals surface area (Å²) >= 11 is 0. The molecule has 5 heteroatoms. The number of nitrogens with two attached hydrogens (primary N) is 1. The molecule has 0 unspecified atom stereocenters. The van der Waals surface area contributed by atoms with Crippen molar-refractivity contribution in [2.45, 2.75) is 18.8 Å². The van der Waals surface area contributed by atoms with Gasteiger partial charge >= 0.3 is 0 Å². The zero-order valence-electron chi connectivity index (χ0n) is 10.7. The topological polar surface area (TPSA) is 76.7 Å². The Morgan fingerprint density at radius 2 is 1.84 bits per heavy atom. The molecule has 3 heterocycles. The molecule has 0 spiro atoms. The summed E-state index contributed by atoms with van der Waals surface area (Å²) < 4.78 is 0. The molecule has 0 amide bonds. The lowest BCUT2D eigenvalue weighted by Gasteiger charge is -2.24. The van der Waals surface area contributed by atoms with E-state index in [1.165, 1.54) is 0 Å². The number of rotatable bonds is 2. The third-order valence-corrected chi connectivity index (χ3v) is 3.55. The van der Waals surface area contributed by atoms with Crippen LogP contribution in [-0.2, 0) is 0 Å². The van der Waals surface area contributed by atoms with E-state index in [1.807, 2.05) is 6.07 Å². The van der Waals surface area contributed by atoms with E-state index in [9.17, 15) is 0 Å². The first-order valence-corrected chi connectivity index (χ1v) is 6.58. The van der Waals surface area contributed by atoms with Crippen molar-refractivity contribution in [2.75, 3.05) is 18.8 Å². The summed E-state index contributed by atoms with van der Waals surface area (Å²) in [4.78, 5) is 12.8. The molecule has 3 N–H and O–H groups in total. The maximum absolute atomic E-state index is 6.03. The van der Waals surface area contributed by atoms with Crippen molar-refractivity contribution in [3.05, 3.63) is 36.3 Å². The molecule has 0 saturated carbocycles. The molecule has 3 rings (SSSR count). The summed E-state index contributed by atoms with van der Waals surface area (Å²) in [6.45, 7) is 2.08. The summed E-state index contributed by atoms with van der Waals surface area (Å²) in [6, 6.07) is 3.90. The van der Waals surface area contributed by atoms with E-state index in [4.69, 9.17) is 5.73 Å². The molecule has 0 radical (unpaired) electrons. The predicted octanol–water partition coefficient (Wildman–Crippen LogP) is 1.59. The molecule has 1 saturated heterocycles. The second-order valence-electron chi connectivity index (χ2n) is 4.80. The molecular formula is C14H17N5. The lowest BCUT2D eigenvalue weighted by Crippen LogP contribution is -2.27. The minimum Gasteiger partial charge on any atom is -0.383 e. The Labute approximate surface area is 112 Å². The average molecular weight is 255 g/mol. The van der Waals surface area contributed by atoms with Gasteiger partial charge in [0.05, 0.1) is 0 Å². The van der Waals surface area contributed by atoms with Gasteiger partial charge in [0, 0.05) is 24.2 Å². The molecule has 19 heavy (non-hydrogen) atoms. The van der Waals surface area contributed by atoms with Gasteiger partial charge in [0.25, 0.3) is 0 Å². The summed E-state index contributed by atoms with van der Waals surface area (Å²) in [5.41, 5.74) is 8.09. The van der Waals surface area contributed by atoms with Gasteiger partial charge < -0.3 is 11.1 Å². The number of nitrogens with zero attached hydrogens (tertiary/aromatic N) is 3. The van der Waals surface area contributed by atoms with Gasteiger partial charge in [-0.1, -0.05) is 0 Å². The van der Waals surface area contributed by atoms with Crippen molar-refractivity contribution >= 4 is 5.82 Å². The Bertz CT molecular complexity index is 549. The van der Waals surface area contributed by atoms with E-state index in [1.54, 1.807) is 18.6 Å². The van der Waals surface area contributed by atoms with E-state index in [0.29, 0.717) is 17.6 Å². The molecule has 5 nitrogen and oxygen atoms in total. The van der Waals surface area contributed by atoms with Gasteiger partial charge in [-0.15, -0.1) is 0 Å². The second-order valence-corrected chi connectivity index (χ2v) is 4.80. The molecule has 0 aliphatic carbocycles. The van der Waals surface area contributed by atoms with Crippen LogP contribution in [0.2, 0.25) is 0 Å².